The van der Waals surface area contributed by atoms with E-state index in [0.717, 1.165) is 51.7 Å². The Bertz CT molecular complexity index is 968. The lowest BCUT2D eigenvalue weighted by Crippen LogP contribution is -2.21. The third-order valence-electron chi connectivity index (χ3n) is 3.91. The maximum Gasteiger partial charge on any atom is 0.305 e. The molecule has 1 aliphatic rings. The van der Waals surface area contributed by atoms with Crippen LogP contribution >= 0.6 is 11.3 Å². The van der Waals surface area contributed by atoms with E-state index in [4.69, 9.17) is 5.11 Å². The van der Waals surface area contributed by atoms with Gasteiger partial charge in [0.1, 0.15) is 18.3 Å². The van der Waals surface area contributed by atoms with Crippen LogP contribution in [0.5, 0.6) is 0 Å². The molecule has 3 aromatic rings. The topological polar surface area (TPSA) is 105 Å². The average molecular weight is 343 g/mol. The maximum absolute atomic E-state index is 11.4. The van der Waals surface area contributed by atoms with E-state index in [9.17, 15) is 4.79 Å². The van der Waals surface area contributed by atoms with Gasteiger partial charge in [-0.1, -0.05) is 11.3 Å². The highest BCUT2D eigenvalue weighted by Crippen LogP contribution is 2.24. The molecular weight excluding hydrogens is 326 g/mol. The molecule has 8 heteroatoms. The van der Waals surface area contributed by atoms with Crippen LogP contribution in [-0.4, -0.2) is 34.2 Å². The molecule has 3 heterocycles. The van der Waals surface area contributed by atoms with Crippen molar-refractivity contribution in [2.24, 2.45) is 4.99 Å². The number of amidine groups is 1. The van der Waals surface area contributed by atoms with Gasteiger partial charge in [0, 0.05) is 18.0 Å². The number of aliphatic imine (C=N–C) groups is 1. The lowest BCUT2D eigenvalue weighted by molar-refractivity contribution is 0.288. The molecule has 0 unspecified atom stereocenters. The summed E-state index contributed by atoms with van der Waals surface area (Å²) < 4.78 is 0.914. The van der Waals surface area contributed by atoms with E-state index in [1.165, 1.54) is 11.3 Å². The smallest absolute Gasteiger partial charge is 0.305 e. The van der Waals surface area contributed by atoms with E-state index in [1.54, 1.807) is 0 Å². The van der Waals surface area contributed by atoms with Gasteiger partial charge >= 0.3 is 4.87 Å². The fourth-order valence-electron chi connectivity index (χ4n) is 2.79. The summed E-state index contributed by atoms with van der Waals surface area (Å²) in [6.45, 7) is 0.672. The molecule has 24 heavy (non-hydrogen) atoms. The number of aromatic amines is 2. The lowest BCUT2D eigenvalue weighted by Gasteiger charge is -2.16. The van der Waals surface area contributed by atoms with Crippen molar-refractivity contribution in [1.29, 1.82) is 0 Å². The number of H-pyrrole nitrogens is 2. The van der Waals surface area contributed by atoms with Gasteiger partial charge in [-0.3, -0.25) is 4.79 Å². The number of thiazole rings is 1. The predicted octanol–water partition coefficient (Wildman–Crippen LogP) is 2.08. The molecule has 0 spiro atoms. The molecule has 0 saturated heterocycles. The minimum Gasteiger partial charge on any atom is -0.396 e. The molecule has 1 aliphatic heterocycles. The standard InChI is InChI=1S/C16H17N5O2S/c22-5-1-2-9-6-11-14(19-9)17-8-18-15(11)20-10-3-4-12-13(7-10)24-16(23)21-12/h3-4,6-7,17,19,22H,1-2,5,8H2,(H,18,20)(H,21,23). The molecule has 0 radical (unpaired) electrons. The number of rotatable bonds is 4. The second-order valence-corrected chi connectivity index (χ2v) is 6.62. The number of fused-ring (bicyclic) bond motifs is 2. The Kier molecular flexibility index (Phi) is 3.83. The van der Waals surface area contributed by atoms with Crippen LogP contribution < -0.4 is 15.5 Å². The molecular formula is C16H17N5O2S. The van der Waals surface area contributed by atoms with E-state index in [1.807, 2.05) is 18.2 Å². The van der Waals surface area contributed by atoms with Gasteiger partial charge in [0.05, 0.1) is 15.8 Å². The maximum atomic E-state index is 11.4. The number of hydrogen-bond acceptors (Lipinski definition) is 6. The summed E-state index contributed by atoms with van der Waals surface area (Å²) in [5.41, 5.74) is 3.78. The molecule has 0 saturated carbocycles. The van der Waals surface area contributed by atoms with Gasteiger partial charge in [0.25, 0.3) is 0 Å². The van der Waals surface area contributed by atoms with Gasteiger partial charge in [-0.05, 0) is 37.1 Å². The number of nitrogens with one attached hydrogen (secondary N) is 4. The van der Waals surface area contributed by atoms with E-state index in [2.05, 4.69) is 31.7 Å². The molecule has 5 N–H and O–H groups in total. The van der Waals surface area contributed by atoms with E-state index >= 15 is 0 Å². The van der Waals surface area contributed by atoms with E-state index in [0.29, 0.717) is 6.67 Å². The van der Waals surface area contributed by atoms with E-state index < -0.39 is 0 Å². The predicted molar refractivity (Wildman–Crippen MR) is 97.3 cm³/mol. The zero-order chi connectivity index (χ0) is 16.5. The highest BCUT2D eigenvalue weighted by molar-refractivity contribution is 7.16. The van der Waals surface area contributed by atoms with Crippen molar-refractivity contribution >= 4 is 38.9 Å². The van der Waals surface area contributed by atoms with Crippen LogP contribution in [0.15, 0.2) is 34.1 Å². The summed E-state index contributed by atoms with van der Waals surface area (Å²) >= 11 is 1.19. The first kappa shape index (κ1) is 15.0. The van der Waals surface area contributed by atoms with Gasteiger partial charge in [-0.15, -0.1) is 0 Å². The van der Waals surface area contributed by atoms with Gasteiger partial charge in [0.15, 0.2) is 0 Å². The molecule has 0 fully saturated rings. The van der Waals surface area contributed by atoms with Crippen LogP contribution in [0.4, 0.5) is 11.5 Å². The Balaban J connectivity index is 1.61. The van der Waals surface area contributed by atoms with Crippen LogP contribution in [0.25, 0.3) is 10.2 Å². The van der Waals surface area contributed by atoms with Crippen LogP contribution in [-0.2, 0) is 6.42 Å². The fraction of sp³-hybridized carbons (Fsp3) is 0.250. The molecule has 0 bridgehead atoms. The Hall–Kier alpha value is -2.58. The molecule has 1 aromatic carbocycles. The first-order chi connectivity index (χ1) is 11.7. The molecule has 4 rings (SSSR count). The number of aliphatic hydroxyl groups is 1. The van der Waals surface area contributed by atoms with Crippen molar-refractivity contribution in [3.63, 3.8) is 0 Å². The molecule has 2 aromatic heterocycles. The summed E-state index contributed by atoms with van der Waals surface area (Å²) in [5, 5.41) is 15.5. The third kappa shape index (κ3) is 2.81. The zero-order valence-electron chi connectivity index (χ0n) is 12.8. The second-order valence-electron chi connectivity index (χ2n) is 5.60. The van der Waals surface area contributed by atoms with Gasteiger partial charge < -0.3 is 25.7 Å². The summed E-state index contributed by atoms with van der Waals surface area (Å²) in [5.74, 6) is 1.73. The van der Waals surface area contributed by atoms with Crippen molar-refractivity contribution in [1.82, 2.24) is 9.97 Å². The van der Waals surface area contributed by atoms with Crippen LogP contribution in [0.1, 0.15) is 17.7 Å². The third-order valence-corrected chi connectivity index (χ3v) is 4.75. The Morgan fingerprint density at radius 3 is 3.08 bits per heavy atom. The van der Waals surface area contributed by atoms with Gasteiger partial charge in [-0.25, -0.2) is 4.99 Å². The molecule has 0 amide bonds. The van der Waals surface area contributed by atoms with Crippen molar-refractivity contribution in [2.45, 2.75) is 12.8 Å². The fourth-order valence-corrected chi connectivity index (χ4v) is 3.57. The molecule has 0 aliphatic carbocycles. The zero-order valence-corrected chi connectivity index (χ0v) is 13.7. The Labute approximate surface area is 141 Å². The number of aromatic nitrogens is 2. The Morgan fingerprint density at radius 2 is 2.21 bits per heavy atom. The highest BCUT2D eigenvalue weighted by Gasteiger charge is 2.17. The van der Waals surface area contributed by atoms with E-state index in [-0.39, 0.29) is 11.5 Å². The number of anilines is 2. The van der Waals surface area contributed by atoms with Crippen LogP contribution in [0.2, 0.25) is 0 Å². The largest absolute Gasteiger partial charge is 0.396 e. The number of nitrogens with zero attached hydrogens (tertiary/aromatic N) is 1. The van der Waals surface area contributed by atoms with Crippen molar-refractivity contribution in [2.75, 3.05) is 23.9 Å². The number of hydrogen-bond donors (Lipinski definition) is 5. The lowest BCUT2D eigenvalue weighted by atomic mass is 10.2. The van der Waals surface area contributed by atoms with Crippen LogP contribution in [0, 0.1) is 0 Å². The monoisotopic (exact) mass is 343 g/mol. The summed E-state index contributed by atoms with van der Waals surface area (Å²) in [6, 6.07) is 7.81. The number of aliphatic hydroxyl groups excluding tert-OH is 1. The van der Waals surface area contributed by atoms with Gasteiger partial charge in [-0.2, -0.15) is 0 Å². The summed E-state index contributed by atoms with van der Waals surface area (Å²) in [6.07, 6.45) is 1.52. The summed E-state index contributed by atoms with van der Waals surface area (Å²) in [7, 11) is 0. The van der Waals surface area contributed by atoms with Crippen molar-refractivity contribution < 1.29 is 5.11 Å². The minimum atomic E-state index is -0.0530. The first-order valence-corrected chi connectivity index (χ1v) is 8.56. The SMILES string of the molecule is O=c1[nH]c2ccc(NC3=NCNc4[nH]c(CCCO)cc43)cc2s1. The van der Waals surface area contributed by atoms with Crippen molar-refractivity contribution in [3.05, 3.63) is 45.2 Å². The highest BCUT2D eigenvalue weighted by atomic mass is 32.1. The normalized spacial score (nSPS) is 13.5. The average Bonchev–Trinajstić information content (AvgIpc) is 3.15. The van der Waals surface area contributed by atoms with Gasteiger partial charge in [0.2, 0.25) is 0 Å². The van der Waals surface area contributed by atoms with Crippen molar-refractivity contribution in [3.8, 4) is 0 Å². The minimum absolute atomic E-state index is 0.0530. The summed E-state index contributed by atoms with van der Waals surface area (Å²) in [4.78, 5) is 22.0. The Morgan fingerprint density at radius 1 is 1.29 bits per heavy atom. The quantitative estimate of drug-likeness (QED) is 0.500. The second kappa shape index (κ2) is 6.14. The first-order valence-electron chi connectivity index (χ1n) is 7.74. The number of benzene rings is 1. The molecule has 124 valence electrons. The van der Waals surface area contributed by atoms with Crippen LogP contribution in [0.3, 0.4) is 0 Å². The molecule has 7 nitrogen and oxygen atoms in total. The number of aryl methyl sites for hydroxylation is 1. The molecule has 0 atom stereocenters.